The van der Waals surface area contributed by atoms with E-state index < -0.39 is 0 Å². The normalized spacial score (nSPS) is 11.4. The van der Waals surface area contributed by atoms with Crippen LogP contribution in [0.1, 0.15) is 46.5 Å². The molecule has 0 fully saturated rings. The molecule has 0 aromatic heterocycles. The summed E-state index contributed by atoms with van der Waals surface area (Å²) in [6.07, 6.45) is 3.76. The molecule has 1 N–H and O–H groups in total. The van der Waals surface area contributed by atoms with Crippen LogP contribution in [0.25, 0.3) is 0 Å². The summed E-state index contributed by atoms with van der Waals surface area (Å²) in [6.45, 7) is 7.36. The van der Waals surface area contributed by atoms with E-state index in [1.807, 2.05) is 0 Å². The van der Waals surface area contributed by atoms with Gasteiger partial charge >= 0.3 is 0 Å². The van der Waals surface area contributed by atoms with Gasteiger partial charge in [0.15, 0.2) is 0 Å². The average molecular weight is 264 g/mol. The van der Waals surface area contributed by atoms with E-state index >= 15 is 0 Å². The van der Waals surface area contributed by atoms with Crippen molar-refractivity contribution in [2.75, 3.05) is 11.9 Å². The summed E-state index contributed by atoms with van der Waals surface area (Å²) in [5, 5.41) is 3.93. The third kappa shape index (κ3) is 10.0. The molecule has 0 heterocycles. The highest BCUT2D eigenvalue weighted by Crippen LogP contribution is 2.16. The minimum Gasteiger partial charge on any atom is -0.356 e. The van der Waals surface area contributed by atoms with Gasteiger partial charge in [0.2, 0.25) is 5.91 Å². The van der Waals surface area contributed by atoms with E-state index in [0.29, 0.717) is 11.8 Å². The first-order chi connectivity index (χ1) is 6.45. The predicted molar refractivity (Wildman–Crippen MR) is 64.7 cm³/mol. The van der Waals surface area contributed by atoms with E-state index in [4.69, 9.17) is 0 Å². The number of hydrogen-bond donors (Lipinski definition) is 1. The standard InChI is InChI=1S/C11H22BrNO/c1-11(2,3)7-9-13-10(14)6-4-5-8-12/h4-9H2,1-3H3,(H,13,14). The molecule has 0 aromatic rings. The number of amides is 1. The van der Waals surface area contributed by atoms with Crippen LogP contribution in [0.2, 0.25) is 0 Å². The molecule has 2 nitrogen and oxygen atoms in total. The fraction of sp³-hybridized carbons (Fsp3) is 0.909. The molecule has 0 saturated heterocycles. The van der Waals surface area contributed by atoms with Crippen molar-refractivity contribution in [2.45, 2.75) is 46.5 Å². The van der Waals surface area contributed by atoms with Crippen molar-refractivity contribution in [3.63, 3.8) is 0 Å². The van der Waals surface area contributed by atoms with Crippen molar-refractivity contribution in [3.05, 3.63) is 0 Å². The van der Waals surface area contributed by atoms with Crippen LogP contribution in [0.15, 0.2) is 0 Å². The number of rotatable bonds is 6. The largest absolute Gasteiger partial charge is 0.356 e. The summed E-state index contributed by atoms with van der Waals surface area (Å²) in [7, 11) is 0. The Morgan fingerprint density at radius 1 is 1.29 bits per heavy atom. The molecule has 84 valence electrons. The molecule has 0 aliphatic heterocycles. The van der Waals surface area contributed by atoms with E-state index in [2.05, 4.69) is 42.0 Å². The van der Waals surface area contributed by atoms with Gasteiger partial charge in [-0.3, -0.25) is 4.79 Å². The third-order valence-corrected chi connectivity index (χ3v) is 2.55. The van der Waals surface area contributed by atoms with Gasteiger partial charge in [-0.1, -0.05) is 36.7 Å². The SMILES string of the molecule is CC(C)(C)CCNC(=O)CCCCBr. The minimum atomic E-state index is 0.190. The van der Waals surface area contributed by atoms with Gasteiger partial charge in [-0.25, -0.2) is 0 Å². The van der Waals surface area contributed by atoms with Gasteiger partial charge in [-0.05, 0) is 24.7 Å². The lowest BCUT2D eigenvalue weighted by atomic mass is 9.92. The van der Waals surface area contributed by atoms with Gasteiger partial charge in [0.25, 0.3) is 0 Å². The Kier molecular flexibility index (Phi) is 7.24. The number of alkyl halides is 1. The van der Waals surface area contributed by atoms with E-state index in [-0.39, 0.29) is 5.91 Å². The monoisotopic (exact) mass is 263 g/mol. The summed E-state index contributed by atoms with van der Waals surface area (Å²) in [6, 6.07) is 0. The lowest BCUT2D eigenvalue weighted by Gasteiger charge is -2.17. The number of halogens is 1. The maximum Gasteiger partial charge on any atom is 0.219 e. The maximum absolute atomic E-state index is 11.3. The second kappa shape index (κ2) is 7.27. The van der Waals surface area contributed by atoms with Gasteiger partial charge in [-0.2, -0.15) is 0 Å². The summed E-state index contributed by atoms with van der Waals surface area (Å²) in [5.74, 6) is 0.190. The summed E-state index contributed by atoms with van der Waals surface area (Å²) >= 11 is 3.35. The topological polar surface area (TPSA) is 29.1 Å². The molecular formula is C11H22BrNO. The second-order valence-electron chi connectivity index (χ2n) is 4.81. The Balaban J connectivity index is 3.36. The highest BCUT2D eigenvalue weighted by Gasteiger charge is 2.09. The summed E-state index contributed by atoms with van der Waals surface area (Å²) in [5.41, 5.74) is 0.309. The van der Waals surface area contributed by atoms with E-state index in [0.717, 1.165) is 31.1 Å². The zero-order valence-corrected chi connectivity index (χ0v) is 11.1. The molecule has 1 amide bonds. The molecule has 0 bridgehead atoms. The fourth-order valence-electron chi connectivity index (χ4n) is 1.05. The van der Waals surface area contributed by atoms with Crippen molar-refractivity contribution < 1.29 is 4.79 Å². The van der Waals surface area contributed by atoms with Crippen LogP contribution in [0, 0.1) is 5.41 Å². The Bertz CT molecular complexity index is 163. The molecule has 3 heteroatoms. The predicted octanol–water partition coefficient (Wildman–Crippen LogP) is 3.10. The number of nitrogens with one attached hydrogen (secondary N) is 1. The van der Waals surface area contributed by atoms with Gasteiger partial charge in [0, 0.05) is 18.3 Å². The van der Waals surface area contributed by atoms with Crippen molar-refractivity contribution in [2.24, 2.45) is 5.41 Å². The van der Waals surface area contributed by atoms with Crippen LogP contribution in [0.5, 0.6) is 0 Å². The van der Waals surface area contributed by atoms with Crippen molar-refractivity contribution in [1.29, 1.82) is 0 Å². The van der Waals surface area contributed by atoms with Crippen LogP contribution in [-0.2, 0) is 4.79 Å². The van der Waals surface area contributed by atoms with Crippen LogP contribution < -0.4 is 5.32 Å². The fourth-order valence-corrected chi connectivity index (χ4v) is 1.44. The van der Waals surface area contributed by atoms with E-state index in [1.54, 1.807) is 0 Å². The van der Waals surface area contributed by atoms with Gasteiger partial charge in [0.05, 0.1) is 0 Å². The van der Waals surface area contributed by atoms with E-state index in [1.165, 1.54) is 0 Å². The van der Waals surface area contributed by atoms with Crippen molar-refractivity contribution >= 4 is 21.8 Å². The maximum atomic E-state index is 11.3. The molecule has 0 atom stereocenters. The highest BCUT2D eigenvalue weighted by molar-refractivity contribution is 9.09. The zero-order valence-electron chi connectivity index (χ0n) is 9.53. The Hall–Kier alpha value is -0.0500. The minimum absolute atomic E-state index is 0.190. The molecule has 0 rings (SSSR count). The van der Waals surface area contributed by atoms with Crippen LogP contribution >= 0.6 is 15.9 Å². The first-order valence-corrected chi connectivity index (χ1v) is 6.40. The van der Waals surface area contributed by atoms with E-state index in [9.17, 15) is 4.79 Å². The summed E-state index contributed by atoms with van der Waals surface area (Å²) in [4.78, 5) is 11.3. The zero-order chi connectivity index (χ0) is 11.0. The molecule has 0 unspecified atom stereocenters. The molecule has 0 radical (unpaired) electrons. The summed E-state index contributed by atoms with van der Waals surface area (Å²) < 4.78 is 0. The number of carbonyl (C=O) groups excluding carboxylic acids is 1. The molecule has 0 aliphatic rings. The lowest BCUT2D eigenvalue weighted by molar-refractivity contribution is -0.121. The first kappa shape index (κ1) is 13.9. The Labute approximate surface area is 96.0 Å². The Morgan fingerprint density at radius 3 is 2.43 bits per heavy atom. The average Bonchev–Trinajstić information content (AvgIpc) is 2.02. The van der Waals surface area contributed by atoms with Crippen molar-refractivity contribution in [3.8, 4) is 0 Å². The van der Waals surface area contributed by atoms with Crippen molar-refractivity contribution in [1.82, 2.24) is 5.32 Å². The molecule has 0 saturated carbocycles. The Morgan fingerprint density at radius 2 is 1.93 bits per heavy atom. The van der Waals surface area contributed by atoms with Crippen LogP contribution in [0.4, 0.5) is 0 Å². The molecule has 0 spiro atoms. The highest BCUT2D eigenvalue weighted by atomic mass is 79.9. The molecule has 0 aliphatic carbocycles. The number of unbranched alkanes of at least 4 members (excludes halogenated alkanes) is 1. The number of hydrogen-bond acceptors (Lipinski definition) is 1. The molecule has 14 heavy (non-hydrogen) atoms. The molecular weight excluding hydrogens is 242 g/mol. The smallest absolute Gasteiger partial charge is 0.219 e. The number of carbonyl (C=O) groups is 1. The first-order valence-electron chi connectivity index (χ1n) is 5.28. The lowest BCUT2D eigenvalue weighted by Crippen LogP contribution is -2.26. The van der Waals surface area contributed by atoms with Crippen LogP contribution in [-0.4, -0.2) is 17.8 Å². The molecule has 0 aromatic carbocycles. The third-order valence-electron chi connectivity index (χ3n) is 1.98. The second-order valence-corrected chi connectivity index (χ2v) is 5.60. The van der Waals surface area contributed by atoms with Crippen LogP contribution in [0.3, 0.4) is 0 Å². The quantitative estimate of drug-likeness (QED) is 0.579. The van der Waals surface area contributed by atoms with Gasteiger partial charge in [0.1, 0.15) is 0 Å². The van der Waals surface area contributed by atoms with Gasteiger partial charge in [-0.15, -0.1) is 0 Å². The van der Waals surface area contributed by atoms with Gasteiger partial charge < -0.3 is 5.32 Å².